The first kappa shape index (κ1) is 11.2. The molecule has 3 aromatic rings. The lowest BCUT2D eigenvalue weighted by molar-refractivity contribution is 0.978. The number of aromatic nitrogens is 1. The smallest absolute Gasteiger partial charge is 0.0488 e. The number of anilines is 1. The molecular weight excluding hydrogens is 244 g/mol. The summed E-state index contributed by atoms with van der Waals surface area (Å²) in [4.78, 5) is 0. The third-order valence-electron chi connectivity index (χ3n) is 3.21. The van der Waals surface area contributed by atoms with Gasteiger partial charge in [-0.2, -0.15) is 0 Å². The van der Waals surface area contributed by atoms with Gasteiger partial charge in [0.2, 0.25) is 0 Å². The van der Waals surface area contributed by atoms with Crippen LogP contribution in [0.25, 0.3) is 22.2 Å². The van der Waals surface area contributed by atoms with Gasteiger partial charge in [-0.15, -0.1) is 0 Å². The van der Waals surface area contributed by atoms with Gasteiger partial charge in [0.05, 0.1) is 0 Å². The Morgan fingerprint density at radius 3 is 2.44 bits per heavy atom. The molecule has 90 valence electrons. The van der Waals surface area contributed by atoms with Crippen molar-refractivity contribution in [1.29, 1.82) is 0 Å². The average molecular weight is 257 g/mol. The van der Waals surface area contributed by atoms with Crippen molar-refractivity contribution in [3.63, 3.8) is 0 Å². The van der Waals surface area contributed by atoms with E-state index in [0.29, 0.717) is 0 Å². The lowest BCUT2D eigenvalue weighted by atomic mass is 10.1. The maximum absolute atomic E-state index is 5.92. The number of aryl methyl sites for hydroxylation is 1. The second-order valence-corrected chi connectivity index (χ2v) is 4.85. The highest BCUT2D eigenvalue weighted by Crippen LogP contribution is 2.29. The van der Waals surface area contributed by atoms with E-state index in [1.165, 1.54) is 5.52 Å². The van der Waals surface area contributed by atoms with Crippen molar-refractivity contribution in [1.82, 2.24) is 4.57 Å². The van der Waals surface area contributed by atoms with Crippen molar-refractivity contribution < 1.29 is 0 Å². The first-order valence-electron chi connectivity index (χ1n) is 5.76. The quantitative estimate of drug-likeness (QED) is 0.654. The van der Waals surface area contributed by atoms with Crippen LogP contribution < -0.4 is 5.73 Å². The minimum absolute atomic E-state index is 0.752. The van der Waals surface area contributed by atoms with Gasteiger partial charge in [0.25, 0.3) is 0 Å². The molecule has 0 fully saturated rings. The zero-order chi connectivity index (χ0) is 12.7. The minimum Gasteiger partial charge on any atom is -0.399 e. The number of nitrogens with zero attached hydrogens (tertiary/aromatic N) is 1. The molecule has 1 aromatic heterocycles. The third-order valence-corrected chi connectivity index (χ3v) is 3.46. The molecule has 0 unspecified atom stereocenters. The molecule has 18 heavy (non-hydrogen) atoms. The van der Waals surface area contributed by atoms with Crippen molar-refractivity contribution in [3.8, 4) is 11.3 Å². The van der Waals surface area contributed by atoms with Crippen LogP contribution in [0, 0.1) is 0 Å². The maximum Gasteiger partial charge on any atom is 0.0488 e. The largest absolute Gasteiger partial charge is 0.399 e. The molecule has 2 nitrogen and oxygen atoms in total. The molecule has 0 amide bonds. The normalized spacial score (nSPS) is 11.0. The minimum atomic E-state index is 0.752. The molecule has 3 rings (SSSR count). The van der Waals surface area contributed by atoms with Gasteiger partial charge in [-0.05, 0) is 42.0 Å². The number of rotatable bonds is 1. The van der Waals surface area contributed by atoms with E-state index in [1.54, 1.807) is 0 Å². The van der Waals surface area contributed by atoms with Gasteiger partial charge in [-0.25, -0.2) is 0 Å². The first-order chi connectivity index (χ1) is 8.65. The molecule has 0 atom stereocenters. The topological polar surface area (TPSA) is 30.9 Å². The number of benzene rings is 2. The van der Waals surface area contributed by atoms with Crippen molar-refractivity contribution in [2.24, 2.45) is 7.05 Å². The summed E-state index contributed by atoms with van der Waals surface area (Å²) in [5, 5.41) is 1.91. The van der Waals surface area contributed by atoms with Crippen LogP contribution in [-0.4, -0.2) is 4.57 Å². The van der Waals surface area contributed by atoms with Gasteiger partial charge in [-0.1, -0.05) is 23.7 Å². The molecule has 0 spiro atoms. The van der Waals surface area contributed by atoms with E-state index in [9.17, 15) is 0 Å². The summed E-state index contributed by atoms with van der Waals surface area (Å²) in [6, 6.07) is 16.0. The summed E-state index contributed by atoms with van der Waals surface area (Å²) in [5.41, 5.74) is 10.1. The highest BCUT2D eigenvalue weighted by molar-refractivity contribution is 6.30. The number of hydrogen-bond acceptors (Lipinski definition) is 1. The van der Waals surface area contributed by atoms with Gasteiger partial charge in [0.15, 0.2) is 0 Å². The Bertz CT molecular complexity index is 711. The Morgan fingerprint density at radius 1 is 1.00 bits per heavy atom. The van der Waals surface area contributed by atoms with Gasteiger partial charge in [0, 0.05) is 34.4 Å². The second kappa shape index (κ2) is 4.07. The Balaban J connectivity index is 2.23. The lowest BCUT2D eigenvalue weighted by Gasteiger charge is -2.04. The van der Waals surface area contributed by atoms with Gasteiger partial charge in [-0.3, -0.25) is 0 Å². The van der Waals surface area contributed by atoms with Gasteiger partial charge < -0.3 is 10.3 Å². The monoisotopic (exact) mass is 256 g/mol. The molecule has 0 aliphatic rings. The number of halogens is 1. The predicted molar refractivity (Wildman–Crippen MR) is 77.8 cm³/mol. The number of nitrogens with two attached hydrogens (primary N) is 1. The molecule has 0 aliphatic heterocycles. The number of fused-ring (bicyclic) bond motifs is 1. The van der Waals surface area contributed by atoms with Crippen LogP contribution in [0.15, 0.2) is 48.5 Å². The molecule has 0 saturated heterocycles. The summed E-state index contributed by atoms with van der Waals surface area (Å²) in [6.45, 7) is 0. The molecular formula is C15H13ClN2. The summed E-state index contributed by atoms with van der Waals surface area (Å²) in [6.07, 6.45) is 0. The molecule has 2 N–H and O–H groups in total. The Labute approximate surface area is 111 Å². The van der Waals surface area contributed by atoms with Crippen LogP contribution in [0.4, 0.5) is 5.69 Å². The molecule has 0 saturated carbocycles. The first-order valence-corrected chi connectivity index (χ1v) is 6.14. The summed E-state index contributed by atoms with van der Waals surface area (Å²) in [5.74, 6) is 0. The Morgan fingerprint density at radius 2 is 1.72 bits per heavy atom. The van der Waals surface area contributed by atoms with Crippen LogP contribution in [0.2, 0.25) is 5.02 Å². The van der Waals surface area contributed by atoms with E-state index < -0.39 is 0 Å². The predicted octanol–water partition coefficient (Wildman–Crippen LogP) is 4.08. The molecule has 0 radical (unpaired) electrons. The van der Waals surface area contributed by atoms with E-state index in [1.807, 2.05) is 42.5 Å². The van der Waals surface area contributed by atoms with Crippen LogP contribution in [0.3, 0.4) is 0 Å². The van der Waals surface area contributed by atoms with Crippen molar-refractivity contribution in [2.75, 3.05) is 5.73 Å². The molecule has 3 heteroatoms. The molecule has 0 aliphatic carbocycles. The van der Waals surface area contributed by atoms with E-state index in [4.69, 9.17) is 17.3 Å². The van der Waals surface area contributed by atoms with Crippen molar-refractivity contribution in [2.45, 2.75) is 0 Å². The zero-order valence-electron chi connectivity index (χ0n) is 10.0. The van der Waals surface area contributed by atoms with E-state index in [2.05, 4.69) is 17.7 Å². The summed E-state index contributed by atoms with van der Waals surface area (Å²) < 4.78 is 2.16. The van der Waals surface area contributed by atoms with E-state index >= 15 is 0 Å². The number of hydrogen-bond donors (Lipinski definition) is 1. The second-order valence-electron chi connectivity index (χ2n) is 4.41. The average Bonchev–Trinajstić information content (AvgIpc) is 2.67. The van der Waals surface area contributed by atoms with Crippen LogP contribution in [0.1, 0.15) is 0 Å². The van der Waals surface area contributed by atoms with Crippen molar-refractivity contribution in [3.05, 3.63) is 53.6 Å². The van der Waals surface area contributed by atoms with Crippen LogP contribution in [-0.2, 0) is 7.05 Å². The van der Waals surface area contributed by atoms with Gasteiger partial charge in [0.1, 0.15) is 0 Å². The fourth-order valence-corrected chi connectivity index (χ4v) is 2.39. The van der Waals surface area contributed by atoms with E-state index in [0.717, 1.165) is 27.4 Å². The summed E-state index contributed by atoms with van der Waals surface area (Å²) in [7, 11) is 2.06. The SMILES string of the molecule is Cn1c(-c2ccc(Cl)cc2)cc2cc(N)ccc21. The number of nitrogen functional groups attached to an aromatic ring is 1. The lowest BCUT2D eigenvalue weighted by Crippen LogP contribution is -1.91. The van der Waals surface area contributed by atoms with Crippen LogP contribution in [0.5, 0.6) is 0 Å². The Hall–Kier alpha value is -1.93. The summed E-state index contributed by atoms with van der Waals surface area (Å²) >= 11 is 5.92. The fraction of sp³-hybridized carbons (Fsp3) is 0.0667. The highest BCUT2D eigenvalue weighted by Gasteiger charge is 2.07. The van der Waals surface area contributed by atoms with Gasteiger partial charge >= 0.3 is 0 Å². The molecule has 1 heterocycles. The Kier molecular flexibility index (Phi) is 2.53. The standard InChI is InChI=1S/C15H13ClN2/c1-18-14-7-6-13(17)8-11(14)9-15(18)10-2-4-12(16)5-3-10/h2-9H,17H2,1H3. The highest BCUT2D eigenvalue weighted by atomic mass is 35.5. The molecule has 0 bridgehead atoms. The van der Waals surface area contributed by atoms with Crippen molar-refractivity contribution >= 4 is 28.2 Å². The molecule has 2 aromatic carbocycles. The van der Waals surface area contributed by atoms with Crippen LogP contribution >= 0.6 is 11.6 Å². The zero-order valence-corrected chi connectivity index (χ0v) is 10.8. The third kappa shape index (κ3) is 1.75. The maximum atomic E-state index is 5.92. The van der Waals surface area contributed by atoms with E-state index in [-0.39, 0.29) is 0 Å². The fourth-order valence-electron chi connectivity index (χ4n) is 2.27.